The largest absolute Gasteiger partial charge is 0.372 e. The molecule has 2 heterocycles. The zero-order valence-corrected chi connectivity index (χ0v) is 17.4. The molecule has 4 nitrogen and oxygen atoms in total. The molecule has 5 rings (SSSR count). The number of aromatic nitrogens is 1. The van der Waals surface area contributed by atoms with E-state index in [1.807, 2.05) is 12.3 Å². The summed E-state index contributed by atoms with van der Waals surface area (Å²) in [6.45, 7) is 8.61. The molecule has 0 saturated carbocycles. The number of H-pyrrole nitrogens is 1. The topological polar surface area (TPSA) is 56.9 Å². The fraction of sp³-hybridized carbons (Fsp3) is 0.320. The standard InChI is InChI=1S/C25H27N3O/c1-14-9-19-20(10-15(14)2)28-24(17-13-26-18-8-6-5-7-16(17)18)23-21(27-19)11-25(3,4)12-22(23)29/h5-10,13,24,26-28H,11-12H2,1-4H3/t24-/m1/s1. The average Bonchev–Trinajstić information content (AvgIpc) is 3.00. The molecule has 0 amide bonds. The first-order valence-electron chi connectivity index (χ1n) is 10.3. The van der Waals surface area contributed by atoms with Gasteiger partial charge in [0, 0.05) is 40.4 Å². The number of anilines is 2. The van der Waals surface area contributed by atoms with Gasteiger partial charge in [0.05, 0.1) is 17.4 Å². The molecule has 2 aliphatic rings. The number of carbonyl (C=O) groups is 1. The molecule has 1 aliphatic carbocycles. The first-order chi connectivity index (χ1) is 13.8. The summed E-state index contributed by atoms with van der Waals surface area (Å²) in [6, 6.07) is 12.5. The van der Waals surface area contributed by atoms with E-state index in [0.29, 0.717) is 6.42 Å². The molecule has 0 spiro atoms. The lowest BCUT2D eigenvalue weighted by atomic mass is 9.73. The van der Waals surface area contributed by atoms with Crippen LogP contribution >= 0.6 is 0 Å². The van der Waals surface area contributed by atoms with E-state index in [-0.39, 0.29) is 17.2 Å². The molecule has 1 aliphatic heterocycles. The number of benzene rings is 2. The van der Waals surface area contributed by atoms with E-state index in [2.05, 4.69) is 73.6 Å². The molecule has 1 aromatic heterocycles. The SMILES string of the molecule is Cc1cc2c(cc1C)N[C@H](c1c[nH]c3ccccc13)C1=C(CC(C)(C)CC1=O)N2. The van der Waals surface area contributed by atoms with E-state index in [9.17, 15) is 4.79 Å². The quantitative estimate of drug-likeness (QED) is 0.481. The van der Waals surface area contributed by atoms with Crippen molar-refractivity contribution in [2.75, 3.05) is 10.6 Å². The molecule has 0 radical (unpaired) electrons. The van der Waals surface area contributed by atoms with Crippen LogP contribution in [-0.4, -0.2) is 10.8 Å². The van der Waals surface area contributed by atoms with Crippen LogP contribution < -0.4 is 10.6 Å². The van der Waals surface area contributed by atoms with Crippen molar-refractivity contribution >= 4 is 28.1 Å². The molecular weight excluding hydrogens is 358 g/mol. The van der Waals surface area contributed by atoms with Crippen LogP contribution in [0.2, 0.25) is 0 Å². The molecule has 3 N–H and O–H groups in total. The van der Waals surface area contributed by atoms with Crippen molar-refractivity contribution in [1.82, 2.24) is 4.98 Å². The summed E-state index contributed by atoms with van der Waals surface area (Å²) in [5, 5.41) is 8.51. The number of Topliss-reactive ketones (excluding diaryl/α,β-unsaturated/α-hetero) is 1. The molecule has 0 unspecified atom stereocenters. The van der Waals surface area contributed by atoms with Crippen LogP contribution in [-0.2, 0) is 4.79 Å². The Morgan fingerprint density at radius 3 is 2.52 bits per heavy atom. The van der Waals surface area contributed by atoms with Crippen LogP contribution in [0.5, 0.6) is 0 Å². The number of aryl methyl sites for hydroxylation is 2. The summed E-state index contributed by atoms with van der Waals surface area (Å²) >= 11 is 0. The van der Waals surface area contributed by atoms with Gasteiger partial charge in [-0.1, -0.05) is 32.0 Å². The van der Waals surface area contributed by atoms with E-state index in [1.54, 1.807) is 0 Å². The van der Waals surface area contributed by atoms with Gasteiger partial charge >= 0.3 is 0 Å². The lowest BCUT2D eigenvalue weighted by Gasteiger charge is -2.34. The van der Waals surface area contributed by atoms with Crippen LogP contribution in [0.1, 0.15) is 49.4 Å². The fourth-order valence-corrected chi connectivity index (χ4v) is 4.78. The number of allylic oxidation sites excluding steroid dienone is 1. The summed E-state index contributed by atoms with van der Waals surface area (Å²) in [6.07, 6.45) is 3.48. The third-order valence-corrected chi connectivity index (χ3v) is 6.36. The van der Waals surface area contributed by atoms with Gasteiger partial charge in [0.1, 0.15) is 0 Å². The van der Waals surface area contributed by atoms with E-state index < -0.39 is 0 Å². The van der Waals surface area contributed by atoms with Crippen molar-refractivity contribution in [2.24, 2.45) is 5.41 Å². The summed E-state index contributed by atoms with van der Waals surface area (Å²) < 4.78 is 0. The van der Waals surface area contributed by atoms with Crippen molar-refractivity contribution in [3.63, 3.8) is 0 Å². The lowest BCUT2D eigenvalue weighted by Crippen LogP contribution is -2.31. The van der Waals surface area contributed by atoms with Crippen molar-refractivity contribution in [3.8, 4) is 0 Å². The smallest absolute Gasteiger partial charge is 0.163 e. The number of fused-ring (bicyclic) bond motifs is 2. The maximum atomic E-state index is 13.4. The maximum absolute atomic E-state index is 13.4. The lowest BCUT2D eigenvalue weighted by molar-refractivity contribution is -0.118. The van der Waals surface area contributed by atoms with Crippen LogP contribution in [0, 0.1) is 19.3 Å². The normalized spacial score (nSPS) is 20.6. The first kappa shape index (κ1) is 18.0. The molecule has 0 saturated heterocycles. The monoisotopic (exact) mass is 385 g/mol. The number of hydrogen-bond donors (Lipinski definition) is 3. The highest BCUT2D eigenvalue weighted by Crippen LogP contribution is 2.46. The van der Waals surface area contributed by atoms with Gasteiger partial charge in [-0.25, -0.2) is 0 Å². The minimum atomic E-state index is -0.180. The Hall–Kier alpha value is -3.01. The number of aromatic amines is 1. The Morgan fingerprint density at radius 1 is 1.00 bits per heavy atom. The summed E-state index contributed by atoms with van der Waals surface area (Å²) in [7, 11) is 0. The molecule has 148 valence electrons. The molecular formula is C25H27N3O. The number of para-hydroxylation sites is 1. The number of rotatable bonds is 1. The Bertz CT molecular complexity index is 1180. The number of ketones is 1. The van der Waals surface area contributed by atoms with Crippen molar-refractivity contribution in [1.29, 1.82) is 0 Å². The molecule has 0 fully saturated rings. The van der Waals surface area contributed by atoms with Gasteiger partial charge in [0.15, 0.2) is 5.78 Å². The predicted octanol–water partition coefficient (Wildman–Crippen LogP) is 6.01. The van der Waals surface area contributed by atoms with E-state index in [1.165, 1.54) is 11.1 Å². The molecule has 0 bridgehead atoms. The summed E-state index contributed by atoms with van der Waals surface area (Å²) in [4.78, 5) is 16.8. The number of nitrogens with one attached hydrogen (secondary N) is 3. The molecule has 3 aromatic rings. The Kier molecular flexibility index (Phi) is 3.89. The number of hydrogen-bond acceptors (Lipinski definition) is 3. The van der Waals surface area contributed by atoms with E-state index >= 15 is 0 Å². The summed E-state index contributed by atoms with van der Waals surface area (Å²) in [5.41, 5.74) is 8.67. The second-order valence-electron chi connectivity index (χ2n) is 9.31. The molecule has 29 heavy (non-hydrogen) atoms. The van der Waals surface area contributed by atoms with Gasteiger partial charge in [-0.3, -0.25) is 4.79 Å². The number of carbonyl (C=O) groups excluding carboxylic acids is 1. The maximum Gasteiger partial charge on any atom is 0.163 e. The van der Waals surface area contributed by atoms with E-state index in [0.717, 1.165) is 45.5 Å². The molecule has 2 aromatic carbocycles. The van der Waals surface area contributed by atoms with E-state index in [4.69, 9.17) is 0 Å². The Balaban J connectivity index is 1.74. The Labute approximate surface area is 171 Å². The first-order valence-corrected chi connectivity index (χ1v) is 10.3. The van der Waals surface area contributed by atoms with Crippen molar-refractivity contribution < 1.29 is 4.79 Å². The minimum absolute atomic E-state index is 0.0437. The fourth-order valence-electron chi connectivity index (χ4n) is 4.78. The minimum Gasteiger partial charge on any atom is -0.372 e. The zero-order valence-electron chi connectivity index (χ0n) is 17.4. The van der Waals surface area contributed by atoms with Crippen LogP contribution in [0.15, 0.2) is 53.9 Å². The highest BCUT2D eigenvalue weighted by Gasteiger charge is 2.39. The van der Waals surface area contributed by atoms with Crippen LogP contribution in [0.3, 0.4) is 0 Å². The zero-order chi connectivity index (χ0) is 20.3. The van der Waals surface area contributed by atoms with Crippen LogP contribution in [0.4, 0.5) is 11.4 Å². The second kappa shape index (κ2) is 6.24. The van der Waals surface area contributed by atoms with Gasteiger partial charge in [0.25, 0.3) is 0 Å². The van der Waals surface area contributed by atoms with Crippen molar-refractivity contribution in [3.05, 3.63) is 70.6 Å². The Morgan fingerprint density at radius 2 is 1.72 bits per heavy atom. The van der Waals surface area contributed by atoms with Gasteiger partial charge in [0.2, 0.25) is 0 Å². The highest BCUT2D eigenvalue weighted by atomic mass is 16.1. The van der Waals surface area contributed by atoms with Crippen LogP contribution in [0.25, 0.3) is 10.9 Å². The average molecular weight is 386 g/mol. The van der Waals surface area contributed by atoms with Crippen molar-refractivity contribution in [2.45, 2.75) is 46.6 Å². The van der Waals surface area contributed by atoms with Gasteiger partial charge in [-0.15, -0.1) is 0 Å². The van der Waals surface area contributed by atoms with Gasteiger partial charge in [-0.2, -0.15) is 0 Å². The molecule has 1 atom stereocenters. The van der Waals surface area contributed by atoms with Gasteiger partial charge < -0.3 is 15.6 Å². The van der Waals surface area contributed by atoms with Gasteiger partial charge in [-0.05, 0) is 55.0 Å². The second-order valence-corrected chi connectivity index (χ2v) is 9.31. The predicted molar refractivity (Wildman–Crippen MR) is 119 cm³/mol. The summed E-state index contributed by atoms with van der Waals surface area (Å²) in [5.74, 6) is 0.229. The third kappa shape index (κ3) is 2.94. The highest BCUT2D eigenvalue weighted by molar-refractivity contribution is 6.02. The molecule has 4 heteroatoms. The third-order valence-electron chi connectivity index (χ3n) is 6.36.